The van der Waals surface area contributed by atoms with E-state index >= 15 is 0 Å². The number of aliphatic carboxylic acids is 1. The number of carboxylic acid groups (broad SMARTS) is 1. The number of carbonyl (C=O) groups is 1. The lowest BCUT2D eigenvalue weighted by atomic mass is 9.90. The van der Waals surface area contributed by atoms with Gasteiger partial charge in [0.25, 0.3) is 0 Å². The summed E-state index contributed by atoms with van der Waals surface area (Å²) in [6.07, 6.45) is -4.34. The van der Waals surface area contributed by atoms with Crippen LogP contribution in [-0.2, 0) is 4.79 Å². The van der Waals surface area contributed by atoms with E-state index in [9.17, 15) is 23.1 Å². The fourth-order valence-electron chi connectivity index (χ4n) is 2.60. The van der Waals surface area contributed by atoms with Gasteiger partial charge in [-0.3, -0.25) is 4.79 Å². The van der Waals surface area contributed by atoms with E-state index in [2.05, 4.69) is 4.74 Å². The Morgan fingerprint density at radius 1 is 1.12 bits per heavy atom. The van der Waals surface area contributed by atoms with Crippen molar-refractivity contribution in [3.05, 3.63) is 48.0 Å². The third kappa shape index (κ3) is 5.14. The molecule has 2 aromatic carbocycles. The van der Waals surface area contributed by atoms with Crippen LogP contribution in [0.25, 0.3) is 11.1 Å². The summed E-state index contributed by atoms with van der Waals surface area (Å²) in [5, 5.41) is 19.0. The van der Waals surface area contributed by atoms with E-state index in [0.29, 0.717) is 23.1 Å². The van der Waals surface area contributed by atoms with E-state index in [0.717, 1.165) is 0 Å². The summed E-state index contributed by atoms with van der Waals surface area (Å²) >= 11 is 0. The lowest BCUT2D eigenvalue weighted by Gasteiger charge is -2.16. The van der Waals surface area contributed by atoms with Crippen molar-refractivity contribution in [2.45, 2.75) is 32.0 Å². The van der Waals surface area contributed by atoms with E-state index in [1.165, 1.54) is 30.3 Å². The maximum absolute atomic E-state index is 12.2. The van der Waals surface area contributed by atoms with Crippen LogP contribution >= 0.6 is 0 Å². The quantitative estimate of drug-likeness (QED) is 0.772. The summed E-state index contributed by atoms with van der Waals surface area (Å²) in [5.41, 5.74) is 1.79. The predicted molar refractivity (Wildman–Crippen MR) is 85.5 cm³/mol. The molecule has 1 atom stereocenters. The number of phenols is 1. The lowest BCUT2D eigenvalue weighted by Crippen LogP contribution is -2.16. The van der Waals surface area contributed by atoms with Gasteiger partial charge in [-0.05, 0) is 53.3 Å². The van der Waals surface area contributed by atoms with Gasteiger partial charge in [-0.15, -0.1) is 13.2 Å². The van der Waals surface area contributed by atoms with Gasteiger partial charge in [0.15, 0.2) is 0 Å². The van der Waals surface area contributed by atoms with E-state index in [1.807, 2.05) is 6.92 Å². The zero-order valence-electron chi connectivity index (χ0n) is 13.4. The Labute approximate surface area is 142 Å². The molecule has 0 radical (unpaired) electrons. The first-order valence-corrected chi connectivity index (χ1v) is 7.60. The van der Waals surface area contributed by atoms with E-state index in [1.54, 1.807) is 12.1 Å². The first-order valence-electron chi connectivity index (χ1n) is 7.60. The van der Waals surface area contributed by atoms with Crippen LogP contribution in [0, 0.1) is 0 Å². The van der Waals surface area contributed by atoms with E-state index in [4.69, 9.17) is 5.11 Å². The highest BCUT2D eigenvalue weighted by molar-refractivity contribution is 5.70. The number of carboxylic acids is 1. The minimum absolute atomic E-state index is 0.00567. The zero-order valence-corrected chi connectivity index (χ0v) is 13.4. The van der Waals surface area contributed by atoms with Crippen LogP contribution in [0.15, 0.2) is 42.5 Å². The SMILES string of the molecule is CCC(CC(=O)O)c1cc(-c2ccc(OC(F)(F)F)cc2)ccc1O. The normalized spacial score (nSPS) is 12.6. The first kappa shape index (κ1) is 18.6. The minimum atomic E-state index is -4.75. The second-order valence-corrected chi connectivity index (χ2v) is 5.55. The average molecular weight is 354 g/mol. The molecule has 2 aromatic rings. The van der Waals surface area contributed by atoms with Gasteiger partial charge in [-0.25, -0.2) is 0 Å². The highest BCUT2D eigenvalue weighted by Crippen LogP contribution is 2.35. The Morgan fingerprint density at radius 2 is 1.72 bits per heavy atom. The van der Waals surface area contributed by atoms with Gasteiger partial charge in [0.05, 0.1) is 6.42 Å². The molecule has 134 valence electrons. The number of halogens is 3. The number of rotatable bonds is 6. The number of ether oxygens (including phenoxy) is 1. The molecule has 2 rings (SSSR count). The number of benzene rings is 2. The molecule has 0 bridgehead atoms. The van der Waals surface area contributed by atoms with Gasteiger partial charge >= 0.3 is 12.3 Å². The molecule has 25 heavy (non-hydrogen) atoms. The summed E-state index contributed by atoms with van der Waals surface area (Å²) in [6, 6.07) is 10.1. The Hall–Kier alpha value is -2.70. The predicted octanol–water partition coefficient (Wildman–Crippen LogP) is 4.93. The smallest absolute Gasteiger partial charge is 0.508 e. The molecule has 2 N–H and O–H groups in total. The lowest BCUT2D eigenvalue weighted by molar-refractivity contribution is -0.274. The third-order valence-electron chi connectivity index (χ3n) is 3.80. The van der Waals surface area contributed by atoms with Gasteiger partial charge in [0, 0.05) is 0 Å². The molecule has 4 nitrogen and oxygen atoms in total. The molecule has 0 spiro atoms. The van der Waals surface area contributed by atoms with Crippen molar-refractivity contribution in [2.24, 2.45) is 0 Å². The zero-order chi connectivity index (χ0) is 18.6. The van der Waals surface area contributed by atoms with Gasteiger partial charge in [0.1, 0.15) is 11.5 Å². The minimum Gasteiger partial charge on any atom is -0.508 e. The second kappa shape index (κ2) is 7.46. The maximum Gasteiger partial charge on any atom is 0.573 e. The fraction of sp³-hybridized carbons (Fsp3) is 0.278. The van der Waals surface area contributed by atoms with Crippen molar-refractivity contribution in [1.29, 1.82) is 0 Å². The molecule has 0 aliphatic heterocycles. The molecule has 0 aliphatic rings. The van der Waals surface area contributed by atoms with Gasteiger partial charge in [-0.2, -0.15) is 0 Å². The van der Waals surface area contributed by atoms with Crippen molar-refractivity contribution in [1.82, 2.24) is 0 Å². The molecule has 0 saturated heterocycles. The Morgan fingerprint density at radius 3 is 2.24 bits per heavy atom. The number of phenolic OH excluding ortho intramolecular Hbond substituents is 1. The molecule has 7 heteroatoms. The van der Waals surface area contributed by atoms with Crippen molar-refractivity contribution >= 4 is 5.97 Å². The maximum atomic E-state index is 12.2. The summed E-state index contributed by atoms with van der Waals surface area (Å²) in [7, 11) is 0. The molecule has 0 fully saturated rings. The largest absolute Gasteiger partial charge is 0.573 e. The fourth-order valence-corrected chi connectivity index (χ4v) is 2.60. The standard InChI is InChI=1S/C18H17F3O4/c1-2-11(10-17(23)24)15-9-13(5-8-16(15)22)12-3-6-14(7-4-12)25-18(19,20)21/h3-9,11,22H,2,10H2,1H3,(H,23,24). The van der Waals surface area contributed by atoms with Crippen LogP contribution in [0.4, 0.5) is 13.2 Å². The molecule has 0 aliphatic carbocycles. The Bertz CT molecular complexity index is 739. The van der Waals surface area contributed by atoms with E-state index in [-0.39, 0.29) is 23.8 Å². The first-order chi connectivity index (χ1) is 11.7. The Kier molecular flexibility index (Phi) is 5.56. The number of hydrogen-bond donors (Lipinski definition) is 2. The molecule has 0 saturated carbocycles. The summed E-state index contributed by atoms with van der Waals surface area (Å²) in [4.78, 5) is 11.0. The topological polar surface area (TPSA) is 66.8 Å². The highest BCUT2D eigenvalue weighted by atomic mass is 19.4. The van der Waals surface area contributed by atoms with Crippen molar-refractivity contribution in [2.75, 3.05) is 0 Å². The Balaban J connectivity index is 2.31. The van der Waals surface area contributed by atoms with Crippen LogP contribution in [0.2, 0.25) is 0 Å². The molecular formula is C18H17F3O4. The van der Waals surface area contributed by atoms with Crippen LogP contribution in [0.5, 0.6) is 11.5 Å². The summed E-state index contributed by atoms with van der Waals surface area (Å²) in [5.74, 6) is -1.66. The summed E-state index contributed by atoms with van der Waals surface area (Å²) in [6.45, 7) is 1.82. The molecule has 0 aromatic heterocycles. The highest BCUT2D eigenvalue weighted by Gasteiger charge is 2.31. The number of hydrogen-bond acceptors (Lipinski definition) is 3. The average Bonchev–Trinajstić information content (AvgIpc) is 2.52. The number of alkyl halides is 3. The second-order valence-electron chi connectivity index (χ2n) is 5.55. The van der Waals surface area contributed by atoms with Crippen LogP contribution < -0.4 is 4.74 Å². The molecule has 1 unspecified atom stereocenters. The van der Waals surface area contributed by atoms with Crippen molar-refractivity contribution < 1.29 is 32.9 Å². The van der Waals surface area contributed by atoms with Crippen LogP contribution in [0.3, 0.4) is 0 Å². The molecule has 0 heterocycles. The van der Waals surface area contributed by atoms with Crippen LogP contribution in [0.1, 0.15) is 31.2 Å². The molecule has 0 amide bonds. The van der Waals surface area contributed by atoms with Crippen LogP contribution in [-0.4, -0.2) is 22.5 Å². The monoisotopic (exact) mass is 354 g/mol. The van der Waals surface area contributed by atoms with Gasteiger partial charge in [0.2, 0.25) is 0 Å². The van der Waals surface area contributed by atoms with Gasteiger partial charge in [-0.1, -0.05) is 25.1 Å². The number of aromatic hydroxyl groups is 1. The van der Waals surface area contributed by atoms with Crippen molar-refractivity contribution in [3.63, 3.8) is 0 Å². The summed E-state index contributed by atoms with van der Waals surface area (Å²) < 4.78 is 40.4. The van der Waals surface area contributed by atoms with E-state index < -0.39 is 12.3 Å². The molecular weight excluding hydrogens is 337 g/mol. The van der Waals surface area contributed by atoms with Crippen molar-refractivity contribution in [3.8, 4) is 22.6 Å². The van der Waals surface area contributed by atoms with Gasteiger partial charge < -0.3 is 14.9 Å². The third-order valence-corrected chi connectivity index (χ3v) is 3.80.